The molecule has 19 atom stereocenters. The highest BCUT2D eigenvalue weighted by atomic mass is 16.8. The Kier molecular flexibility index (Phi) is 22.6. The van der Waals surface area contributed by atoms with Crippen LogP contribution in [0, 0.1) is 0 Å². The molecular weight excluding hydrogens is 1320 g/mol. The molecule has 4 aromatic rings. The number of aliphatic hydroxyl groups excluding tert-OH is 11. The van der Waals surface area contributed by atoms with Crippen LogP contribution in [0.15, 0.2) is 118 Å². The number of fused-ring (bicyclic) bond motifs is 1. The van der Waals surface area contributed by atoms with Crippen molar-refractivity contribution in [3.8, 4) is 80.1 Å². The van der Waals surface area contributed by atoms with E-state index < -0.39 is 235 Å². The van der Waals surface area contributed by atoms with E-state index in [1.807, 2.05) is 0 Å². The molecule has 34 nitrogen and oxygen atoms in total. The fraction of sp³-hybridized carbons (Fsp3) is 0.354. The Balaban J connectivity index is 0.916. The van der Waals surface area contributed by atoms with Gasteiger partial charge in [-0.2, -0.15) is 0 Å². The second-order valence-electron chi connectivity index (χ2n) is 22.8. The fourth-order valence-electron chi connectivity index (χ4n) is 10.4. The fourth-order valence-corrected chi connectivity index (χ4v) is 10.4. The minimum atomic E-state index is -2.18. The Morgan fingerprint density at radius 1 is 0.414 bits per heavy atom. The van der Waals surface area contributed by atoms with Gasteiger partial charge in [0.2, 0.25) is 18.9 Å². The number of aliphatic hydroxyl groups is 11. The summed E-state index contributed by atoms with van der Waals surface area (Å²) in [6.07, 6.45) is -29.4. The van der Waals surface area contributed by atoms with Crippen LogP contribution in [-0.2, 0) is 52.3 Å². The molecule has 0 saturated carbocycles. The summed E-state index contributed by atoms with van der Waals surface area (Å²) in [5.41, 5.74) is -0.709. The SMILES string of the molecule is O=C(C=Cc1ccc(O)c(O)c1)OC[C@H]1O[C@@H](Oc2cc3oc(-c4ccc(O)c(O[C@@H]5O[C@H](COC(=O)C=Cc6ccc(O)c(O)c6)[C@@H](O)[C@H](O)[C@H]5O)c4)c(O[C@@H]4O[C@H](CO[C@@H]5O[C@@H](CO)[C@H](O)[C@H]5OC(=O)C=Cc5ccc(O)c(O)c5)[C@@H](O)[C@H](O)[C@H]4O)cc-3c(=O)c2)[C@H](O)[C@@H](O)[C@@H]1O. The van der Waals surface area contributed by atoms with Crippen LogP contribution in [0.2, 0.25) is 0 Å². The molecule has 10 rings (SSSR count). The normalized spacial score (nSPS) is 29.4. The average Bonchev–Trinajstić information content (AvgIpc) is 1.19. The second-order valence-corrected chi connectivity index (χ2v) is 22.8. The van der Waals surface area contributed by atoms with Gasteiger partial charge in [-0.3, -0.25) is 4.79 Å². The lowest BCUT2D eigenvalue weighted by molar-refractivity contribution is -0.290. The predicted molar refractivity (Wildman–Crippen MR) is 327 cm³/mol. The number of phenols is 7. The first-order valence-corrected chi connectivity index (χ1v) is 29.9. The van der Waals surface area contributed by atoms with Crippen LogP contribution >= 0.6 is 0 Å². The van der Waals surface area contributed by atoms with E-state index in [0.29, 0.717) is 0 Å². The number of aromatic hydroxyl groups is 7. The van der Waals surface area contributed by atoms with Crippen molar-refractivity contribution in [2.75, 3.05) is 26.4 Å². The number of hydrogen-bond donors (Lipinski definition) is 18. The molecule has 4 aromatic carbocycles. The zero-order valence-electron chi connectivity index (χ0n) is 51.0. The largest absolute Gasteiger partial charge is 0.504 e. The first kappa shape index (κ1) is 72.1. The number of ether oxygens (including phenoxy) is 11. The lowest BCUT2D eigenvalue weighted by Gasteiger charge is -2.40. The van der Waals surface area contributed by atoms with Gasteiger partial charge in [-0.15, -0.1) is 0 Å². The van der Waals surface area contributed by atoms with E-state index in [-0.39, 0.29) is 27.8 Å². The van der Waals surface area contributed by atoms with Gasteiger partial charge in [0.1, 0.15) is 110 Å². The van der Waals surface area contributed by atoms with Crippen molar-refractivity contribution in [3.05, 3.63) is 136 Å². The summed E-state index contributed by atoms with van der Waals surface area (Å²) in [7, 11) is 0. The van der Waals surface area contributed by atoms with E-state index in [1.165, 1.54) is 48.6 Å². The molecule has 0 radical (unpaired) electrons. The van der Waals surface area contributed by atoms with Gasteiger partial charge in [-0.25, -0.2) is 14.4 Å². The van der Waals surface area contributed by atoms with Crippen LogP contribution < -0.4 is 19.6 Å². The quantitative estimate of drug-likeness (QED) is 0.0153. The van der Waals surface area contributed by atoms with Gasteiger partial charge in [0.15, 0.2) is 75.3 Å². The maximum Gasteiger partial charge on any atom is 0.331 e. The lowest BCUT2D eigenvalue weighted by Crippen LogP contribution is -2.60. The summed E-state index contributed by atoms with van der Waals surface area (Å²) in [4.78, 5) is 52.6. The number of phenolic OH excluding ortho intramolecular Hbond substituents is 7. The molecule has 5 aliphatic heterocycles. The highest BCUT2D eigenvalue weighted by Gasteiger charge is 2.51. The van der Waals surface area contributed by atoms with Crippen molar-refractivity contribution in [3.63, 3.8) is 0 Å². The highest BCUT2D eigenvalue weighted by Crippen LogP contribution is 2.43. The Hall–Kier alpha value is -9.70. The Morgan fingerprint density at radius 2 is 0.848 bits per heavy atom. The molecule has 0 aromatic heterocycles. The topological polar surface area (TPSA) is 547 Å². The summed E-state index contributed by atoms with van der Waals surface area (Å²) >= 11 is 0. The first-order chi connectivity index (χ1) is 47.1. The summed E-state index contributed by atoms with van der Waals surface area (Å²) in [5.74, 6) is -8.97. The van der Waals surface area contributed by atoms with E-state index in [4.69, 9.17) is 56.5 Å². The van der Waals surface area contributed by atoms with Crippen molar-refractivity contribution in [2.24, 2.45) is 0 Å². The molecule has 34 heteroatoms. The summed E-state index contributed by atoms with van der Waals surface area (Å²) in [5, 5.41) is 190. The smallest absolute Gasteiger partial charge is 0.331 e. The highest BCUT2D eigenvalue weighted by molar-refractivity contribution is 5.88. The number of carbonyl (C=O) groups is 3. The maximum atomic E-state index is 14.2. The molecule has 0 amide bonds. The minimum Gasteiger partial charge on any atom is -0.504 e. The molecule has 4 saturated heterocycles. The van der Waals surface area contributed by atoms with E-state index >= 15 is 0 Å². The van der Waals surface area contributed by atoms with Crippen molar-refractivity contribution >= 4 is 36.1 Å². The minimum absolute atomic E-state index is 0.196. The van der Waals surface area contributed by atoms with Crippen molar-refractivity contribution < 1.29 is 163 Å². The van der Waals surface area contributed by atoms with Gasteiger partial charge in [0.25, 0.3) is 0 Å². The standard InChI is InChI=1S/C65H66O34/c66-22-43-53(81)61(99-49(77)14-6-28-3-10-34(69)39(74)17-28)65(95-43)90-25-46-52(80)56(84)59(87)64(98-46)94-42-21-31-36(71)19-30(91-62-57(85)54(82)50(78)44(96-62)23-88-47(75)12-4-26-1-8-32(67)37(72)15-26)20-40(31)92-60(42)29-7-11-35(70)41(18-29)93-63-58(86)55(83)51(79)45(97-63)24-89-48(76)13-5-27-2-9-33(68)38(73)16-27/h1-21,43-46,50-59,61-70,72-74,78-87H,22-25H2/t43-,44+,45+,46+,50+,51+,52+,53-,54-,55-,56-,57+,58+,59+,61+,62+,63+,64+,65+/m0/s1. The Morgan fingerprint density at radius 3 is 1.32 bits per heavy atom. The molecular formula is C65H66O34. The van der Waals surface area contributed by atoms with E-state index in [2.05, 4.69) is 0 Å². The zero-order valence-corrected chi connectivity index (χ0v) is 51.0. The van der Waals surface area contributed by atoms with Gasteiger partial charge >= 0.3 is 17.9 Å². The van der Waals surface area contributed by atoms with Gasteiger partial charge in [-0.1, -0.05) is 18.2 Å². The van der Waals surface area contributed by atoms with Gasteiger partial charge in [-0.05, 0) is 95.6 Å². The van der Waals surface area contributed by atoms with Crippen LogP contribution in [0.5, 0.6) is 57.5 Å². The van der Waals surface area contributed by atoms with Gasteiger partial charge < -0.3 is 148 Å². The molecule has 4 fully saturated rings. The monoisotopic (exact) mass is 1390 g/mol. The average molecular weight is 1390 g/mol. The lowest BCUT2D eigenvalue weighted by atomic mass is 9.99. The van der Waals surface area contributed by atoms with Gasteiger partial charge in [0.05, 0.1) is 18.8 Å². The third kappa shape index (κ3) is 16.7. The third-order valence-electron chi connectivity index (χ3n) is 15.9. The molecule has 18 N–H and O–H groups in total. The molecule has 530 valence electrons. The van der Waals surface area contributed by atoms with Crippen molar-refractivity contribution in [1.29, 1.82) is 0 Å². The number of hydrogen-bond acceptors (Lipinski definition) is 34. The summed E-state index contributed by atoms with van der Waals surface area (Å²) < 4.78 is 68.7. The number of rotatable bonds is 22. The number of benzene rings is 5. The van der Waals surface area contributed by atoms with Crippen molar-refractivity contribution in [1.82, 2.24) is 0 Å². The molecule has 6 aliphatic rings. The Bertz CT molecular complexity index is 3980. The molecule has 5 heterocycles. The maximum absolute atomic E-state index is 14.2. The molecule has 0 unspecified atom stereocenters. The van der Waals surface area contributed by atoms with Crippen LogP contribution in [0.3, 0.4) is 0 Å². The van der Waals surface area contributed by atoms with Crippen LogP contribution in [0.4, 0.5) is 0 Å². The second kappa shape index (κ2) is 31.0. The predicted octanol–water partition coefficient (Wildman–Crippen LogP) is -1.86. The molecule has 0 spiro atoms. The summed E-state index contributed by atoms with van der Waals surface area (Å²) in [6.45, 7) is -3.16. The van der Waals surface area contributed by atoms with E-state index in [1.54, 1.807) is 0 Å². The molecule has 99 heavy (non-hydrogen) atoms. The van der Waals surface area contributed by atoms with Gasteiger partial charge in [0, 0.05) is 35.9 Å². The number of esters is 3. The summed E-state index contributed by atoms with van der Waals surface area (Å²) in [6, 6.07) is 17.1. The van der Waals surface area contributed by atoms with Crippen LogP contribution in [0.1, 0.15) is 16.7 Å². The third-order valence-corrected chi connectivity index (χ3v) is 15.9. The first-order valence-electron chi connectivity index (χ1n) is 29.9. The number of carbonyl (C=O) groups excluding carboxylic acids is 3. The van der Waals surface area contributed by atoms with E-state index in [0.717, 1.165) is 78.9 Å². The molecule has 0 bridgehead atoms. The Labute approximate surface area is 556 Å². The van der Waals surface area contributed by atoms with E-state index in [9.17, 15) is 111 Å². The molecule has 1 aliphatic carbocycles. The van der Waals surface area contributed by atoms with Crippen molar-refractivity contribution in [2.45, 2.75) is 117 Å². The zero-order chi connectivity index (χ0) is 71.3. The van der Waals surface area contributed by atoms with Crippen LogP contribution in [0.25, 0.3) is 40.9 Å². The van der Waals surface area contributed by atoms with Crippen LogP contribution in [-0.4, -0.2) is 253 Å².